The van der Waals surface area contributed by atoms with Gasteiger partial charge in [-0.1, -0.05) is 17.7 Å². The van der Waals surface area contributed by atoms with Crippen LogP contribution in [0.25, 0.3) is 0 Å². The first-order chi connectivity index (χ1) is 6.09. The highest BCUT2D eigenvalue weighted by atomic mass is 19.1. The molecule has 0 saturated carbocycles. The van der Waals surface area contributed by atoms with Crippen LogP contribution < -0.4 is 5.32 Å². The van der Waals surface area contributed by atoms with E-state index in [1.54, 1.807) is 24.3 Å². The molecular weight excluding hydrogens is 173 g/mol. The number of benzene rings is 1. The van der Waals surface area contributed by atoms with Crippen LogP contribution in [0.2, 0.25) is 0 Å². The van der Waals surface area contributed by atoms with Gasteiger partial charge in [0.15, 0.2) is 0 Å². The van der Waals surface area contributed by atoms with Gasteiger partial charge >= 0.3 is 5.97 Å². The van der Waals surface area contributed by atoms with Crippen molar-refractivity contribution in [2.24, 2.45) is 0 Å². The Hall–Kier alpha value is -1.58. The zero-order valence-corrected chi connectivity index (χ0v) is 7.12. The highest BCUT2D eigenvalue weighted by molar-refractivity contribution is 5.75. The van der Waals surface area contributed by atoms with Crippen molar-refractivity contribution in [1.29, 1.82) is 0 Å². The Kier molecular flexibility index (Phi) is 2.84. The molecule has 3 nitrogen and oxygen atoms in total. The van der Waals surface area contributed by atoms with Crippen LogP contribution >= 0.6 is 0 Å². The maximum atomic E-state index is 12.6. The molecule has 0 fully saturated rings. The zero-order chi connectivity index (χ0) is 9.84. The van der Waals surface area contributed by atoms with E-state index in [2.05, 4.69) is 5.32 Å². The number of aliphatic carboxylic acids is 1. The second-order valence-electron chi connectivity index (χ2n) is 2.71. The van der Waals surface area contributed by atoms with Gasteiger partial charge in [-0.3, -0.25) is 0 Å². The summed E-state index contributed by atoms with van der Waals surface area (Å²) < 4.78 is 12.6. The molecule has 2 N–H and O–H groups in total. The summed E-state index contributed by atoms with van der Waals surface area (Å²) in [7, 11) is 0. The van der Waals surface area contributed by atoms with Gasteiger partial charge in [-0.15, -0.1) is 0 Å². The predicted molar refractivity (Wildman–Crippen MR) is 47.3 cm³/mol. The first-order valence-electron chi connectivity index (χ1n) is 3.79. The number of anilines is 1. The number of halogens is 1. The summed E-state index contributed by atoms with van der Waals surface area (Å²) in [5, 5.41) is 10.5. The molecule has 0 aliphatic carbocycles. The van der Waals surface area contributed by atoms with E-state index in [0.29, 0.717) is 5.69 Å². The second kappa shape index (κ2) is 3.89. The molecule has 70 valence electrons. The Balaban J connectivity index is 2.64. The lowest BCUT2D eigenvalue weighted by Gasteiger charge is -2.07. The minimum atomic E-state index is -2.05. The smallest absolute Gasteiger partial charge is 0.359 e. The normalized spacial score (nSPS) is 12.2. The largest absolute Gasteiger partial charge is 0.478 e. The van der Waals surface area contributed by atoms with Crippen LogP contribution in [-0.4, -0.2) is 17.4 Å². The van der Waals surface area contributed by atoms with Crippen LogP contribution in [0.4, 0.5) is 10.1 Å². The predicted octanol–water partition coefficient (Wildman–Crippen LogP) is 1.79. The van der Waals surface area contributed by atoms with E-state index in [9.17, 15) is 9.18 Å². The third-order valence-electron chi connectivity index (χ3n) is 1.56. The van der Waals surface area contributed by atoms with Gasteiger partial charge in [0.25, 0.3) is 6.30 Å². The molecule has 1 rings (SSSR count). The van der Waals surface area contributed by atoms with Crippen LogP contribution in [0.5, 0.6) is 0 Å². The van der Waals surface area contributed by atoms with E-state index in [4.69, 9.17) is 5.11 Å². The van der Waals surface area contributed by atoms with Gasteiger partial charge in [0, 0.05) is 5.69 Å². The molecule has 0 bridgehead atoms. The number of rotatable bonds is 3. The summed E-state index contributed by atoms with van der Waals surface area (Å²) >= 11 is 0. The van der Waals surface area contributed by atoms with Crippen LogP contribution in [0.15, 0.2) is 24.3 Å². The first kappa shape index (κ1) is 9.51. The Bertz CT molecular complexity index is 297. The SMILES string of the molecule is Cc1ccc(NC(F)C(=O)O)cc1. The van der Waals surface area contributed by atoms with Crippen molar-refractivity contribution in [2.75, 3.05) is 5.32 Å². The molecule has 1 aromatic rings. The van der Waals surface area contributed by atoms with Crippen molar-refractivity contribution in [3.8, 4) is 0 Å². The number of alkyl halides is 1. The molecule has 0 radical (unpaired) electrons. The number of carboxylic acids is 1. The molecule has 13 heavy (non-hydrogen) atoms. The molecule has 0 amide bonds. The van der Waals surface area contributed by atoms with E-state index >= 15 is 0 Å². The van der Waals surface area contributed by atoms with E-state index in [0.717, 1.165) is 5.56 Å². The van der Waals surface area contributed by atoms with E-state index in [1.807, 2.05) is 6.92 Å². The number of aryl methyl sites for hydroxylation is 1. The molecular formula is C9H10FNO2. The van der Waals surface area contributed by atoms with Crippen molar-refractivity contribution < 1.29 is 14.3 Å². The Labute approximate surface area is 75.2 Å². The van der Waals surface area contributed by atoms with Crippen molar-refractivity contribution in [3.63, 3.8) is 0 Å². The summed E-state index contributed by atoms with van der Waals surface area (Å²) in [5.74, 6) is -1.51. The highest BCUT2D eigenvalue weighted by Gasteiger charge is 2.13. The van der Waals surface area contributed by atoms with Crippen molar-refractivity contribution in [1.82, 2.24) is 0 Å². The minimum Gasteiger partial charge on any atom is -0.478 e. The molecule has 0 aliphatic heterocycles. The average Bonchev–Trinajstić information content (AvgIpc) is 2.08. The fraction of sp³-hybridized carbons (Fsp3) is 0.222. The van der Waals surface area contributed by atoms with Gasteiger partial charge in [0.1, 0.15) is 0 Å². The maximum absolute atomic E-state index is 12.6. The van der Waals surface area contributed by atoms with Crippen LogP contribution in [0.1, 0.15) is 5.56 Å². The van der Waals surface area contributed by atoms with Gasteiger partial charge < -0.3 is 10.4 Å². The molecule has 0 aliphatic rings. The second-order valence-corrected chi connectivity index (χ2v) is 2.71. The number of hydrogen-bond donors (Lipinski definition) is 2. The van der Waals surface area contributed by atoms with Crippen LogP contribution in [0.3, 0.4) is 0 Å². The summed E-state index contributed by atoms with van der Waals surface area (Å²) in [6.07, 6.45) is -2.05. The Morgan fingerprint density at radius 2 is 2.00 bits per heavy atom. The van der Waals surface area contributed by atoms with E-state index in [1.165, 1.54) is 0 Å². The summed E-state index contributed by atoms with van der Waals surface area (Å²) in [5.41, 5.74) is 1.50. The molecule has 0 spiro atoms. The first-order valence-corrected chi connectivity index (χ1v) is 3.79. The monoisotopic (exact) mass is 183 g/mol. The number of carbonyl (C=O) groups is 1. The molecule has 0 heterocycles. The van der Waals surface area contributed by atoms with Crippen molar-refractivity contribution in [3.05, 3.63) is 29.8 Å². The Morgan fingerprint density at radius 3 is 2.46 bits per heavy atom. The van der Waals surface area contributed by atoms with Gasteiger partial charge in [0.05, 0.1) is 0 Å². The van der Waals surface area contributed by atoms with Crippen molar-refractivity contribution >= 4 is 11.7 Å². The third kappa shape index (κ3) is 2.74. The lowest BCUT2D eigenvalue weighted by atomic mass is 10.2. The van der Waals surface area contributed by atoms with Gasteiger partial charge in [0.2, 0.25) is 0 Å². The van der Waals surface area contributed by atoms with Gasteiger partial charge in [-0.05, 0) is 19.1 Å². The van der Waals surface area contributed by atoms with Crippen molar-refractivity contribution in [2.45, 2.75) is 13.2 Å². The maximum Gasteiger partial charge on any atom is 0.359 e. The highest BCUT2D eigenvalue weighted by Crippen LogP contribution is 2.10. The van der Waals surface area contributed by atoms with Gasteiger partial charge in [-0.2, -0.15) is 0 Å². The Morgan fingerprint density at radius 1 is 1.46 bits per heavy atom. The van der Waals surface area contributed by atoms with Crippen LogP contribution in [0, 0.1) is 6.92 Å². The number of carboxylic acid groups (broad SMARTS) is 1. The van der Waals surface area contributed by atoms with E-state index in [-0.39, 0.29) is 0 Å². The molecule has 0 aromatic heterocycles. The van der Waals surface area contributed by atoms with Gasteiger partial charge in [-0.25, -0.2) is 9.18 Å². The third-order valence-corrected chi connectivity index (χ3v) is 1.56. The van der Waals surface area contributed by atoms with Crippen LogP contribution in [-0.2, 0) is 4.79 Å². The molecule has 1 aromatic carbocycles. The lowest BCUT2D eigenvalue weighted by molar-refractivity contribution is -0.141. The summed E-state index contributed by atoms with van der Waals surface area (Å²) in [4.78, 5) is 10.1. The lowest BCUT2D eigenvalue weighted by Crippen LogP contribution is -2.23. The minimum absolute atomic E-state index is 0.459. The van der Waals surface area contributed by atoms with E-state index < -0.39 is 12.3 Å². The number of nitrogens with one attached hydrogen (secondary N) is 1. The molecule has 0 saturated heterocycles. The quantitative estimate of drug-likeness (QED) is 0.702. The molecule has 1 atom stereocenters. The fourth-order valence-corrected chi connectivity index (χ4v) is 0.858. The summed E-state index contributed by atoms with van der Waals surface area (Å²) in [6.45, 7) is 1.90. The summed E-state index contributed by atoms with van der Waals surface area (Å²) in [6, 6.07) is 6.81. The number of hydrogen-bond acceptors (Lipinski definition) is 2. The molecule has 1 unspecified atom stereocenters. The standard InChI is InChI=1S/C9H10FNO2/c1-6-2-4-7(5-3-6)11-8(10)9(12)13/h2-5,8,11H,1H3,(H,12,13). The zero-order valence-electron chi connectivity index (χ0n) is 7.12. The topological polar surface area (TPSA) is 49.3 Å². The molecule has 4 heteroatoms. The fourth-order valence-electron chi connectivity index (χ4n) is 0.858. The average molecular weight is 183 g/mol.